The molecular formula is C9H14N2O3S. The van der Waals surface area contributed by atoms with Crippen LogP contribution in [0.4, 0.5) is 0 Å². The van der Waals surface area contributed by atoms with Crippen molar-refractivity contribution in [1.82, 2.24) is 10.2 Å². The van der Waals surface area contributed by atoms with Gasteiger partial charge in [-0.25, -0.2) is 0 Å². The summed E-state index contributed by atoms with van der Waals surface area (Å²) in [7, 11) is 0. The second-order valence-electron chi connectivity index (χ2n) is 3.91. The first-order chi connectivity index (χ1) is 7.15. The summed E-state index contributed by atoms with van der Waals surface area (Å²) in [6.07, 6.45) is 0.639. The molecule has 0 bridgehead atoms. The van der Waals surface area contributed by atoms with Crippen LogP contribution in [0.15, 0.2) is 0 Å². The number of hydrogen-bond donors (Lipinski definition) is 2. The molecule has 0 aromatic heterocycles. The Bertz CT molecular complexity index is 289. The third-order valence-corrected chi connectivity index (χ3v) is 4.22. The van der Waals surface area contributed by atoms with Crippen molar-refractivity contribution >= 4 is 23.6 Å². The molecule has 0 radical (unpaired) electrons. The van der Waals surface area contributed by atoms with E-state index in [1.807, 2.05) is 4.90 Å². The number of amides is 1. The van der Waals surface area contributed by atoms with Crippen molar-refractivity contribution in [2.24, 2.45) is 0 Å². The van der Waals surface area contributed by atoms with Gasteiger partial charge in [0.05, 0.1) is 6.54 Å². The summed E-state index contributed by atoms with van der Waals surface area (Å²) in [4.78, 5) is 24.4. The standard InChI is InChI=1S/C9H14N2O3S/c12-7-5-11(3-2-10-7)9(8(13)14)1-4-15-6-9/h1-6H2,(H,10,12)(H,13,14). The number of carbonyl (C=O) groups excluding carboxylic acids is 1. The lowest BCUT2D eigenvalue weighted by molar-refractivity contribution is -0.151. The zero-order valence-electron chi connectivity index (χ0n) is 8.36. The number of nitrogens with zero attached hydrogens (tertiary/aromatic N) is 1. The molecular weight excluding hydrogens is 216 g/mol. The molecule has 2 fully saturated rings. The van der Waals surface area contributed by atoms with E-state index in [9.17, 15) is 14.7 Å². The quantitative estimate of drug-likeness (QED) is 0.661. The Morgan fingerprint density at radius 3 is 2.93 bits per heavy atom. The highest BCUT2D eigenvalue weighted by Gasteiger charge is 2.48. The molecule has 2 N–H and O–H groups in total. The minimum atomic E-state index is -0.803. The Labute approximate surface area is 92.2 Å². The number of piperazine rings is 1. The maximum atomic E-state index is 11.3. The van der Waals surface area contributed by atoms with Crippen LogP contribution in [0.2, 0.25) is 0 Å². The van der Waals surface area contributed by atoms with Crippen LogP contribution in [-0.4, -0.2) is 58.6 Å². The van der Waals surface area contributed by atoms with Gasteiger partial charge < -0.3 is 10.4 Å². The number of hydrogen-bond acceptors (Lipinski definition) is 4. The Kier molecular flexibility index (Phi) is 2.88. The molecule has 0 aromatic rings. The molecule has 1 amide bonds. The number of carboxylic acids is 1. The highest BCUT2D eigenvalue weighted by molar-refractivity contribution is 7.99. The lowest BCUT2D eigenvalue weighted by Gasteiger charge is -2.39. The van der Waals surface area contributed by atoms with E-state index in [0.717, 1.165) is 5.75 Å². The van der Waals surface area contributed by atoms with Gasteiger partial charge in [-0.05, 0) is 12.2 Å². The Morgan fingerprint density at radius 1 is 1.60 bits per heavy atom. The number of carboxylic acid groups (broad SMARTS) is 1. The zero-order valence-corrected chi connectivity index (χ0v) is 9.18. The van der Waals surface area contributed by atoms with Gasteiger partial charge >= 0.3 is 5.97 Å². The van der Waals surface area contributed by atoms with Gasteiger partial charge in [-0.15, -0.1) is 0 Å². The van der Waals surface area contributed by atoms with Gasteiger partial charge in [0.1, 0.15) is 5.54 Å². The van der Waals surface area contributed by atoms with Gasteiger partial charge in [-0.1, -0.05) is 0 Å². The predicted octanol–water partition coefficient (Wildman–Crippen LogP) is -0.621. The van der Waals surface area contributed by atoms with E-state index in [1.54, 1.807) is 11.8 Å². The lowest BCUT2D eigenvalue weighted by Crippen LogP contribution is -2.62. The first-order valence-corrected chi connectivity index (χ1v) is 6.13. The van der Waals surface area contributed by atoms with Crippen molar-refractivity contribution in [3.05, 3.63) is 0 Å². The van der Waals surface area contributed by atoms with E-state index in [2.05, 4.69) is 5.32 Å². The summed E-state index contributed by atoms with van der Waals surface area (Å²) < 4.78 is 0. The van der Waals surface area contributed by atoms with Gasteiger partial charge in [-0.3, -0.25) is 14.5 Å². The van der Waals surface area contributed by atoms with E-state index < -0.39 is 11.5 Å². The molecule has 0 spiro atoms. The average molecular weight is 230 g/mol. The molecule has 2 heterocycles. The van der Waals surface area contributed by atoms with E-state index in [-0.39, 0.29) is 12.5 Å². The van der Waals surface area contributed by atoms with Crippen LogP contribution in [0, 0.1) is 0 Å². The van der Waals surface area contributed by atoms with Gasteiger partial charge in [-0.2, -0.15) is 11.8 Å². The fourth-order valence-corrected chi connectivity index (χ4v) is 3.53. The van der Waals surface area contributed by atoms with Crippen molar-refractivity contribution in [2.75, 3.05) is 31.1 Å². The summed E-state index contributed by atoms with van der Waals surface area (Å²) in [6.45, 7) is 1.41. The van der Waals surface area contributed by atoms with E-state index in [0.29, 0.717) is 25.3 Å². The molecule has 1 atom stereocenters. The summed E-state index contributed by atoms with van der Waals surface area (Å²) >= 11 is 1.65. The fourth-order valence-electron chi connectivity index (χ4n) is 2.11. The van der Waals surface area contributed by atoms with Crippen molar-refractivity contribution in [2.45, 2.75) is 12.0 Å². The van der Waals surface area contributed by atoms with E-state index in [4.69, 9.17) is 0 Å². The molecule has 0 aromatic carbocycles. The summed E-state index contributed by atoms with van der Waals surface area (Å²) in [6, 6.07) is 0. The molecule has 2 aliphatic heterocycles. The van der Waals surface area contributed by atoms with Crippen molar-refractivity contribution < 1.29 is 14.7 Å². The number of aliphatic carboxylic acids is 1. The van der Waals surface area contributed by atoms with E-state index >= 15 is 0 Å². The Hall–Kier alpha value is -0.750. The van der Waals surface area contributed by atoms with Crippen LogP contribution in [0.5, 0.6) is 0 Å². The molecule has 1 unspecified atom stereocenters. The largest absolute Gasteiger partial charge is 0.480 e. The minimum Gasteiger partial charge on any atom is -0.480 e. The highest BCUT2D eigenvalue weighted by atomic mass is 32.2. The minimum absolute atomic E-state index is 0.0706. The maximum absolute atomic E-state index is 11.3. The highest BCUT2D eigenvalue weighted by Crippen LogP contribution is 2.33. The maximum Gasteiger partial charge on any atom is 0.325 e. The van der Waals surface area contributed by atoms with Gasteiger partial charge in [0, 0.05) is 18.8 Å². The fraction of sp³-hybridized carbons (Fsp3) is 0.778. The number of rotatable bonds is 2. The van der Waals surface area contributed by atoms with Crippen LogP contribution in [-0.2, 0) is 9.59 Å². The summed E-state index contributed by atoms with van der Waals surface area (Å²) in [5.41, 5.74) is -0.803. The molecule has 2 rings (SSSR count). The van der Waals surface area contributed by atoms with Crippen LogP contribution in [0.25, 0.3) is 0 Å². The lowest BCUT2D eigenvalue weighted by atomic mass is 9.95. The second-order valence-corrected chi connectivity index (χ2v) is 5.02. The number of carbonyl (C=O) groups is 2. The van der Waals surface area contributed by atoms with Crippen LogP contribution < -0.4 is 5.32 Å². The van der Waals surface area contributed by atoms with Gasteiger partial charge in [0.2, 0.25) is 5.91 Å². The van der Waals surface area contributed by atoms with Crippen molar-refractivity contribution in [1.29, 1.82) is 0 Å². The van der Waals surface area contributed by atoms with Crippen LogP contribution in [0.1, 0.15) is 6.42 Å². The monoisotopic (exact) mass is 230 g/mol. The first kappa shape index (κ1) is 10.8. The van der Waals surface area contributed by atoms with Crippen LogP contribution >= 0.6 is 11.8 Å². The predicted molar refractivity (Wildman–Crippen MR) is 56.9 cm³/mol. The molecule has 2 saturated heterocycles. The molecule has 0 aliphatic carbocycles. The molecule has 15 heavy (non-hydrogen) atoms. The third kappa shape index (κ3) is 1.83. The third-order valence-electron chi connectivity index (χ3n) is 3.04. The zero-order chi connectivity index (χ0) is 10.9. The van der Waals surface area contributed by atoms with E-state index in [1.165, 1.54) is 0 Å². The normalized spacial score (nSPS) is 32.7. The van der Waals surface area contributed by atoms with Crippen molar-refractivity contribution in [3.63, 3.8) is 0 Å². The molecule has 5 nitrogen and oxygen atoms in total. The molecule has 6 heteroatoms. The molecule has 2 aliphatic rings. The van der Waals surface area contributed by atoms with Crippen molar-refractivity contribution in [3.8, 4) is 0 Å². The molecule has 84 valence electrons. The number of thioether (sulfide) groups is 1. The average Bonchev–Trinajstić information content (AvgIpc) is 2.67. The first-order valence-electron chi connectivity index (χ1n) is 4.98. The molecule has 0 saturated carbocycles. The van der Waals surface area contributed by atoms with Gasteiger partial charge in [0.25, 0.3) is 0 Å². The number of nitrogens with one attached hydrogen (secondary N) is 1. The summed E-state index contributed by atoms with van der Waals surface area (Å²) in [5, 5.41) is 12.0. The summed E-state index contributed by atoms with van der Waals surface area (Å²) in [5.74, 6) is 0.598. The van der Waals surface area contributed by atoms with Crippen LogP contribution in [0.3, 0.4) is 0 Å². The second kappa shape index (κ2) is 4.02. The Balaban J connectivity index is 2.17. The topological polar surface area (TPSA) is 69.6 Å². The SMILES string of the molecule is O=C1CN(C2(C(=O)O)CCSC2)CCN1. The van der Waals surface area contributed by atoms with Gasteiger partial charge in [0.15, 0.2) is 0 Å². The Morgan fingerprint density at radius 2 is 2.40 bits per heavy atom. The smallest absolute Gasteiger partial charge is 0.325 e.